The summed E-state index contributed by atoms with van der Waals surface area (Å²) < 4.78 is 0. The van der Waals surface area contributed by atoms with Crippen molar-refractivity contribution in [3.05, 3.63) is 66.1 Å². The normalized spacial score (nSPS) is 11.8. The highest BCUT2D eigenvalue weighted by Crippen LogP contribution is 2.21. The number of nitrogens with one attached hydrogen (secondary N) is 2. The van der Waals surface area contributed by atoms with Crippen LogP contribution in [0.4, 0.5) is 11.5 Å². The van der Waals surface area contributed by atoms with Crippen molar-refractivity contribution in [2.75, 3.05) is 17.2 Å². The van der Waals surface area contributed by atoms with Crippen LogP contribution >= 0.6 is 0 Å². The van der Waals surface area contributed by atoms with Crippen LogP contribution in [0.15, 0.2) is 54.9 Å². The fourth-order valence-corrected chi connectivity index (χ4v) is 2.55. The lowest BCUT2D eigenvalue weighted by molar-refractivity contribution is 0.829. The quantitative estimate of drug-likeness (QED) is 0.712. The van der Waals surface area contributed by atoms with Crippen molar-refractivity contribution in [2.24, 2.45) is 0 Å². The van der Waals surface area contributed by atoms with Gasteiger partial charge in [-0.25, -0.2) is 9.97 Å². The zero-order valence-electron chi connectivity index (χ0n) is 14.8. The van der Waals surface area contributed by atoms with Crippen LogP contribution in [0.1, 0.15) is 18.2 Å². The van der Waals surface area contributed by atoms with Gasteiger partial charge in [0.05, 0.1) is 0 Å². The molecular weight excluding hydrogens is 310 g/mol. The first kappa shape index (κ1) is 16.9. The van der Waals surface area contributed by atoms with Crippen molar-refractivity contribution in [2.45, 2.75) is 26.8 Å². The number of pyridine rings is 1. The van der Waals surface area contributed by atoms with E-state index in [1.807, 2.05) is 44.2 Å². The SMILES string of the molecule is Cc1nc(-c2ccncc2)nc(NCC(C)Nc2ccccc2)c1C. The van der Waals surface area contributed by atoms with Crippen LogP contribution in [0, 0.1) is 13.8 Å². The van der Waals surface area contributed by atoms with Gasteiger partial charge >= 0.3 is 0 Å². The number of benzene rings is 1. The van der Waals surface area contributed by atoms with Crippen molar-refractivity contribution >= 4 is 11.5 Å². The molecule has 0 amide bonds. The Morgan fingerprint density at radius 3 is 2.40 bits per heavy atom. The van der Waals surface area contributed by atoms with Gasteiger partial charge in [0.25, 0.3) is 0 Å². The Kier molecular flexibility index (Phi) is 5.23. The van der Waals surface area contributed by atoms with Gasteiger partial charge in [0.1, 0.15) is 5.82 Å². The van der Waals surface area contributed by atoms with Gasteiger partial charge in [0.2, 0.25) is 0 Å². The number of rotatable bonds is 6. The molecule has 0 saturated carbocycles. The van der Waals surface area contributed by atoms with Gasteiger partial charge in [-0.15, -0.1) is 0 Å². The fourth-order valence-electron chi connectivity index (χ4n) is 2.55. The third kappa shape index (κ3) is 4.32. The lowest BCUT2D eigenvalue weighted by Gasteiger charge is -2.18. The Morgan fingerprint density at radius 1 is 0.960 bits per heavy atom. The third-order valence-corrected chi connectivity index (χ3v) is 4.09. The first-order valence-electron chi connectivity index (χ1n) is 8.44. The summed E-state index contributed by atoms with van der Waals surface area (Å²) in [4.78, 5) is 13.4. The zero-order valence-corrected chi connectivity index (χ0v) is 14.8. The molecule has 3 rings (SSSR count). The highest BCUT2D eigenvalue weighted by Gasteiger charge is 2.10. The van der Waals surface area contributed by atoms with Crippen LogP contribution in [-0.4, -0.2) is 27.5 Å². The smallest absolute Gasteiger partial charge is 0.161 e. The van der Waals surface area contributed by atoms with E-state index in [0.29, 0.717) is 0 Å². The van der Waals surface area contributed by atoms with E-state index in [1.165, 1.54) is 0 Å². The fraction of sp³-hybridized carbons (Fsp3) is 0.250. The largest absolute Gasteiger partial charge is 0.381 e. The molecule has 0 aliphatic rings. The first-order valence-corrected chi connectivity index (χ1v) is 8.44. The number of hydrogen-bond donors (Lipinski definition) is 2. The second kappa shape index (κ2) is 7.75. The van der Waals surface area contributed by atoms with Gasteiger partial charge in [-0.1, -0.05) is 18.2 Å². The molecule has 2 heterocycles. The van der Waals surface area contributed by atoms with E-state index >= 15 is 0 Å². The van der Waals surface area contributed by atoms with Crippen LogP contribution in [0.5, 0.6) is 0 Å². The van der Waals surface area contributed by atoms with Gasteiger partial charge in [0, 0.05) is 47.5 Å². The highest BCUT2D eigenvalue weighted by atomic mass is 15.1. The zero-order chi connectivity index (χ0) is 17.6. The summed E-state index contributed by atoms with van der Waals surface area (Å²) >= 11 is 0. The maximum atomic E-state index is 4.70. The van der Waals surface area contributed by atoms with Crippen molar-refractivity contribution in [1.29, 1.82) is 0 Å². The van der Waals surface area contributed by atoms with E-state index in [4.69, 9.17) is 4.98 Å². The summed E-state index contributed by atoms with van der Waals surface area (Å²) in [5, 5.41) is 6.93. The summed E-state index contributed by atoms with van der Waals surface area (Å²) in [5.74, 6) is 1.60. The maximum Gasteiger partial charge on any atom is 0.161 e. The monoisotopic (exact) mass is 333 g/mol. The van der Waals surface area contributed by atoms with Gasteiger partial charge in [-0.3, -0.25) is 4.98 Å². The van der Waals surface area contributed by atoms with Gasteiger partial charge < -0.3 is 10.6 Å². The molecule has 3 aromatic rings. The topological polar surface area (TPSA) is 62.7 Å². The number of aromatic nitrogens is 3. The summed E-state index contributed by atoms with van der Waals surface area (Å²) in [6.07, 6.45) is 3.51. The maximum absolute atomic E-state index is 4.70. The van der Waals surface area contributed by atoms with Crippen LogP contribution in [0.25, 0.3) is 11.4 Å². The summed E-state index contributed by atoms with van der Waals surface area (Å²) in [7, 11) is 0. The molecule has 128 valence electrons. The van der Waals surface area contributed by atoms with E-state index in [2.05, 4.69) is 39.7 Å². The molecule has 0 fully saturated rings. The van der Waals surface area contributed by atoms with Crippen molar-refractivity contribution in [3.8, 4) is 11.4 Å². The number of aryl methyl sites for hydroxylation is 1. The second-order valence-electron chi connectivity index (χ2n) is 6.13. The Balaban J connectivity index is 1.72. The van der Waals surface area contributed by atoms with E-state index in [-0.39, 0.29) is 6.04 Å². The Labute approximate surface area is 148 Å². The molecule has 0 spiro atoms. The van der Waals surface area contributed by atoms with E-state index in [9.17, 15) is 0 Å². The molecular formula is C20H23N5. The number of para-hydroxylation sites is 1. The first-order chi connectivity index (χ1) is 12.1. The molecule has 2 N–H and O–H groups in total. The molecule has 2 aromatic heterocycles. The average Bonchev–Trinajstić information content (AvgIpc) is 2.64. The molecule has 1 atom stereocenters. The molecule has 1 unspecified atom stereocenters. The predicted octanol–water partition coefficient (Wildman–Crippen LogP) is 4.07. The van der Waals surface area contributed by atoms with Crippen LogP contribution in [-0.2, 0) is 0 Å². The molecule has 5 nitrogen and oxygen atoms in total. The van der Waals surface area contributed by atoms with Gasteiger partial charge in [0.15, 0.2) is 5.82 Å². The molecule has 0 bridgehead atoms. The Bertz CT molecular complexity index is 818. The minimum atomic E-state index is 0.265. The lowest BCUT2D eigenvalue weighted by atomic mass is 10.2. The molecule has 0 radical (unpaired) electrons. The van der Waals surface area contributed by atoms with Crippen molar-refractivity contribution < 1.29 is 0 Å². The molecule has 5 heteroatoms. The van der Waals surface area contributed by atoms with E-state index < -0.39 is 0 Å². The lowest BCUT2D eigenvalue weighted by Crippen LogP contribution is -2.25. The van der Waals surface area contributed by atoms with E-state index in [0.717, 1.165) is 40.7 Å². The summed E-state index contributed by atoms with van der Waals surface area (Å²) in [6.45, 7) is 6.97. The molecule has 0 saturated heterocycles. The Hall–Kier alpha value is -2.95. The molecule has 0 aliphatic heterocycles. The van der Waals surface area contributed by atoms with Gasteiger partial charge in [-0.05, 0) is 45.0 Å². The second-order valence-corrected chi connectivity index (χ2v) is 6.13. The third-order valence-electron chi connectivity index (χ3n) is 4.09. The standard InChI is InChI=1S/C20H23N5/c1-14(23-18-7-5-4-6-8-18)13-22-19-15(2)16(3)24-20(25-19)17-9-11-21-12-10-17/h4-12,14,23H,13H2,1-3H3,(H,22,24,25). The minimum absolute atomic E-state index is 0.265. The van der Waals surface area contributed by atoms with Crippen LogP contribution in [0.2, 0.25) is 0 Å². The van der Waals surface area contributed by atoms with Crippen molar-refractivity contribution in [3.63, 3.8) is 0 Å². The van der Waals surface area contributed by atoms with E-state index in [1.54, 1.807) is 12.4 Å². The summed E-state index contributed by atoms with van der Waals surface area (Å²) in [6, 6.07) is 14.3. The number of hydrogen-bond acceptors (Lipinski definition) is 5. The highest BCUT2D eigenvalue weighted by molar-refractivity contribution is 5.59. The minimum Gasteiger partial charge on any atom is -0.381 e. The summed E-state index contributed by atoms with van der Waals surface area (Å²) in [5.41, 5.74) is 4.14. The van der Waals surface area contributed by atoms with Gasteiger partial charge in [-0.2, -0.15) is 0 Å². The predicted molar refractivity (Wildman–Crippen MR) is 103 cm³/mol. The van der Waals surface area contributed by atoms with Crippen LogP contribution in [0.3, 0.4) is 0 Å². The molecule has 1 aromatic carbocycles. The van der Waals surface area contributed by atoms with Crippen LogP contribution < -0.4 is 10.6 Å². The molecule has 0 aliphatic carbocycles. The number of anilines is 2. The Morgan fingerprint density at radius 2 is 1.68 bits per heavy atom. The number of nitrogens with zero attached hydrogens (tertiary/aromatic N) is 3. The molecule has 25 heavy (non-hydrogen) atoms. The average molecular weight is 333 g/mol. The van der Waals surface area contributed by atoms with Crippen molar-refractivity contribution in [1.82, 2.24) is 15.0 Å².